The third-order valence-electron chi connectivity index (χ3n) is 5.27. The number of non-ortho nitro benzene ring substituents is 2. The SMILES string of the molecule is O=[N+]([O-])c1ccc(CCNS(=O)(=O)c2ccc3nc(Cl)cc(Nc4ccc([N+](=O)[O-])cc4)c3c2)cc1. The van der Waals surface area contributed by atoms with Crippen LogP contribution in [0, 0.1) is 20.2 Å². The number of fused-ring (bicyclic) bond motifs is 1. The predicted octanol–water partition coefficient (Wildman–Crippen LogP) is 4.97. The zero-order valence-corrected chi connectivity index (χ0v) is 20.0. The number of benzene rings is 3. The van der Waals surface area contributed by atoms with Gasteiger partial charge in [0.15, 0.2) is 0 Å². The molecule has 0 bridgehead atoms. The van der Waals surface area contributed by atoms with Crippen LogP contribution < -0.4 is 10.0 Å². The first kappa shape index (κ1) is 25.0. The number of anilines is 2. The number of sulfonamides is 1. The fraction of sp³-hybridized carbons (Fsp3) is 0.0870. The fourth-order valence-electron chi connectivity index (χ4n) is 3.46. The van der Waals surface area contributed by atoms with Gasteiger partial charge in [-0.2, -0.15) is 0 Å². The summed E-state index contributed by atoms with van der Waals surface area (Å²) in [5.74, 6) is 0. The summed E-state index contributed by atoms with van der Waals surface area (Å²) < 4.78 is 28.4. The summed E-state index contributed by atoms with van der Waals surface area (Å²) in [5.41, 5.74) is 2.11. The van der Waals surface area contributed by atoms with Gasteiger partial charge in [0.25, 0.3) is 11.4 Å². The van der Waals surface area contributed by atoms with Crippen molar-refractivity contribution in [3.63, 3.8) is 0 Å². The van der Waals surface area contributed by atoms with Crippen molar-refractivity contribution in [3.8, 4) is 0 Å². The van der Waals surface area contributed by atoms with Crippen LogP contribution in [0.1, 0.15) is 5.56 Å². The Balaban J connectivity index is 1.54. The van der Waals surface area contributed by atoms with Gasteiger partial charge in [-0.25, -0.2) is 18.1 Å². The minimum absolute atomic E-state index is 0.00886. The number of halogens is 1. The number of nitro groups is 2. The van der Waals surface area contributed by atoms with E-state index in [2.05, 4.69) is 15.0 Å². The molecule has 0 atom stereocenters. The zero-order valence-electron chi connectivity index (χ0n) is 18.4. The number of nitrogens with one attached hydrogen (secondary N) is 2. The van der Waals surface area contributed by atoms with E-state index in [0.29, 0.717) is 28.7 Å². The fourth-order valence-corrected chi connectivity index (χ4v) is 4.72. The van der Waals surface area contributed by atoms with E-state index < -0.39 is 19.9 Å². The van der Waals surface area contributed by atoms with Gasteiger partial charge in [-0.1, -0.05) is 23.7 Å². The van der Waals surface area contributed by atoms with Crippen molar-refractivity contribution in [1.82, 2.24) is 9.71 Å². The first-order chi connectivity index (χ1) is 17.1. The predicted molar refractivity (Wildman–Crippen MR) is 135 cm³/mol. The van der Waals surface area contributed by atoms with E-state index in [1.807, 2.05) is 0 Å². The van der Waals surface area contributed by atoms with Crippen LogP contribution in [-0.4, -0.2) is 29.8 Å². The molecule has 4 rings (SSSR count). The molecule has 0 fully saturated rings. The summed E-state index contributed by atoms with van der Waals surface area (Å²) in [7, 11) is -3.88. The van der Waals surface area contributed by atoms with Gasteiger partial charge in [-0.3, -0.25) is 20.2 Å². The molecule has 0 unspecified atom stereocenters. The average Bonchev–Trinajstić information content (AvgIpc) is 2.84. The Morgan fingerprint density at radius 3 is 2.08 bits per heavy atom. The Kier molecular flexibility index (Phi) is 7.10. The minimum Gasteiger partial charge on any atom is -0.355 e. The normalized spacial score (nSPS) is 11.4. The molecular formula is C23H18ClN5O6S. The van der Waals surface area contributed by atoms with Crippen LogP contribution in [0.25, 0.3) is 10.9 Å². The molecule has 3 aromatic carbocycles. The number of pyridine rings is 1. The summed E-state index contributed by atoms with van der Waals surface area (Å²) in [4.78, 5) is 24.9. The second-order valence-electron chi connectivity index (χ2n) is 7.67. The Bertz CT molecular complexity index is 1560. The Morgan fingerprint density at radius 2 is 1.47 bits per heavy atom. The highest BCUT2D eigenvalue weighted by Crippen LogP contribution is 2.30. The lowest BCUT2D eigenvalue weighted by atomic mass is 10.1. The van der Waals surface area contributed by atoms with Crippen molar-refractivity contribution >= 4 is 55.3 Å². The van der Waals surface area contributed by atoms with Crippen LogP contribution in [-0.2, 0) is 16.4 Å². The first-order valence-electron chi connectivity index (χ1n) is 10.5. The standard InChI is InChI=1S/C23H18ClN5O6S/c24-23-14-22(26-16-3-7-18(8-4-16)29(32)33)20-13-19(9-10-21(20)27-23)36(34,35)25-12-11-15-1-5-17(6-2-15)28(30)31/h1-10,13-14,25H,11-12H2,(H,26,27). The molecule has 11 nitrogen and oxygen atoms in total. The maximum absolute atomic E-state index is 12.9. The Morgan fingerprint density at radius 1 is 0.861 bits per heavy atom. The molecule has 0 amide bonds. The van der Waals surface area contributed by atoms with Gasteiger partial charge in [0.1, 0.15) is 5.15 Å². The number of rotatable bonds is 9. The monoisotopic (exact) mass is 527 g/mol. The average molecular weight is 528 g/mol. The third-order valence-corrected chi connectivity index (χ3v) is 6.92. The molecular weight excluding hydrogens is 510 g/mol. The zero-order chi connectivity index (χ0) is 25.9. The summed E-state index contributed by atoms with van der Waals surface area (Å²) in [5, 5.41) is 25.4. The molecule has 0 spiro atoms. The van der Waals surface area contributed by atoms with Gasteiger partial charge in [-0.15, -0.1) is 0 Å². The summed E-state index contributed by atoms with van der Waals surface area (Å²) in [6, 6.07) is 17.6. The largest absolute Gasteiger partial charge is 0.355 e. The summed E-state index contributed by atoms with van der Waals surface area (Å²) in [6.07, 6.45) is 0.342. The van der Waals surface area contributed by atoms with E-state index in [4.69, 9.17) is 11.6 Å². The van der Waals surface area contributed by atoms with Gasteiger partial charge in [-0.05, 0) is 48.4 Å². The van der Waals surface area contributed by atoms with Crippen LogP contribution in [0.3, 0.4) is 0 Å². The van der Waals surface area contributed by atoms with Gasteiger partial charge in [0, 0.05) is 41.9 Å². The maximum Gasteiger partial charge on any atom is 0.269 e. The van der Waals surface area contributed by atoms with Crippen LogP contribution in [0.2, 0.25) is 5.15 Å². The quantitative estimate of drug-likeness (QED) is 0.175. The number of aromatic nitrogens is 1. The van der Waals surface area contributed by atoms with Crippen molar-refractivity contribution in [1.29, 1.82) is 0 Å². The molecule has 184 valence electrons. The maximum atomic E-state index is 12.9. The molecule has 4 aromatic rings. The molecule has 0 aliphatic heterocycles. The lowest BCUT2D eigenvalue weighted by Crippen LogP contribution is -2.26. The molecule has 13 heteroatoms. The van der Waals surface area contributed by atoms with Crippen molar-refractivity contribution in [3.05, 3.63) is 104 Å². The van der Waals surface area contributed by atoms with Crippen molar-refractivity contribution in [2.75, 3.05) is 11.9 Å². The van der Waals surface area contributed by atoms with E-state index >= 15 is 0 Å². The lowest BCUT2D eigenvalue weighted by molar-refractivity contribution is -0.385. The molecule has 1 heterocycles. The van der Waals surface area contributed by atoms with Gasteiger partial charge in [0.2, 0.25) is 10.0 Å². The Labute approximate surface area is 210 Å². The highest BCUT2D eigenvalue weighted by Gasteiger charge is 2.17. The van der Waals surface area contributed by atoms with Crippen molar-refractivity contribution in [2.24, 2.45) is 0 Å². The highest BCUT2D eigenvalue weighted by atomic mass is 35.5. The van der Waals surface area contributed by atoms with Gasteiger partial charge < -0.3 is 5.32 Å². The molecule has 1 aromatic heterocycles. The van der Waals surface area contributed by atoms with Crippen LogP contribution in [0.4, 0.5) is 22.7 Å². The van der Waals surface area contributed by atoms with Crippen LogP contribution >= 0.6 is 11.6 Å². The number of hydrogen-bond donors (Lipinski definition) is 2. The first-order valence-corrected chi connectivity index (χ1v) is 12.3. The minimum atomic E-state index is -3.88. The third kappa shape index (κ3) is 5.74. The summed E-state index contributed by atoms with van der Waals surface area (Å²) >= 11 is 6.13. The molecule has 2 N–H and O–H groups in total. The molecule has 36 heavy (non-hydrogen) atoms. The molecule has 0 saturated heterocycles. The lowest BCUT2D eigenvalue weighted by Gasteiger charge is -2.12. The number of nitrogens with zero attached hydrogens (tertiary/aromatic N) is 3. The Hall–Kier alpha value is -4.13. The second-order valence-corrected chi connectivity index (χ2v) is 9.83. The van der Waals surface area contributed by atoms with Crippen molar-refractivity contribution in [2.45, 2.75) is 11.3 Å². The van der Waals surface area contributed by atoms with E-state index in [1.54, 1.807) is 12.1 Å². The van der Waals surface area contributed by atoms with Crippen molar-refractivity contribution < 1.29 is 18.3 Å². The smallest absolute Gasteiger partial charge is 0.269 e. The molecule has 0 aliphatic carbocycles. The van der Waals surface area contributed by atoms with E-state index in [-0.39, 0.29) is 28.0 Å². The number of nitro benzene ring substituents is 2. The number of hydrogen-bond acceptors (Lipinski definition) is 8. The molecule has 0 saturated carbocycles. The second kappa shape index (κ2) is 10.2. The van der Waals surface area contributed by atoms with Crippen LogP contribution in [0.15, 0.2) is 77.7 Å². The van der Waals surface area contributed by atoms with E-state index in [1.165, 1.54) is 60.7 Å². The summed E-state index contributed by atoms with van der Waals surface area (Å²) in [6.45, 7) is 0.0882. The van der Waals surface area contributed by atoms with Gasteiger partial charge in [0.05, 0.1) is 25.9 Å². The van der Waals surface area contributed by atoms with Gasteiger partial charge >= 0.3 is 0 Å². The van der Waals surface area contributed by atoms with Crippen LogP contribution in [0.5, 0.6) is 0 Å². The molecule has 0 aliphatic rings. The highest BCUT2D eigenvalue weighted by molar-refractivity contribution is 7.89. The molecule has 0 radical (unpaired) electrons. The van der Waals surface area contributed by atoms with E-state index in [9.17, 15) is 28.6 Å². The topological polar surface area (TPSA) is 157 Å². The van der Waals surface area contributed by atoms with E-state index in [0.717, 1.165) is 5.56 Å².